The Hall–Kier alpha value is -4.89. The van der Waals surface area contributed by atoms with E-state index in [9.17, 15) is 29.1 Å². The molecule has 3 aliphatic rings. The molecule has 0 radical (unpaired) electrons. The van der Waals surface area contributed by atoms with E-state index < -0.39 is 58.7 Å². The van der Waals surface area contributed by atoms with Crippen LogP contribution in [0.4, 0.5) is 0 Å². The zero-order valence-electron chi connectivity index (χ0n) is 30.5. The number of nitrogens with one attached hydrogen (secondary N) is 2. The van der Waals surface area contributed by atoms with Crippen molar-refractivity contribution >= 4 is 40.2 Å². The van der Waals surface area contributed by atoms with Crippen LogP contribution in [0.1, 0.15) is 93.7 Å². The summed E-state index contributed by atoms with van der Waals surface area (Å²) in [6.07, 6.45) is 6.95. The van der Waals surface area contributed by atoms with Gasteiger partial charge in [-0.15, -0.1) is 5.10 Å². The fourth-order valence-corrected chi connectivity index (χ4v) is 8.03. The van der Waals surface area contributed by atoms with Crippen LogP contribution in [0, 0.1) is 5.92 Å². The summed E-state index contributed by atoms with van der Waals surface area (Å²) in [5.41, 5.74) is 3.28. The van der Waals surface area contributed by atoms with Crippen LogP contribution >= 0.6 is 0 Å². The number of aliphatic hydroxyl groups is 1. The highest BCUT2D eigenvalue weighted by Gasteiger charge is 2.49. The predicted molar refractivity (Wildman–Crippen MR) is 192 cm³/mol. The van der Waals surface area contributed by atoms with E-state index in [2.05, 4.69) is 20.9 Å². The third-order valence-corrected chi connectivity index (χ3v) is 11.0. The molecule has 15 nitrogen and oxygen atoms in total. The van der Waals surface area contributed by atoms with Gasteiger partial charge in [0.25, 0.3) is 11.8 Å². The molecular formula is C38H49N7O8. The van der Waals surface area contributed by atoms with Crippen LogP contribution in [0.25, 0.3) is 10.8 Å². The van der Waals surface area contributed by atoms with Gasteiger partial charge < -0.3 is 35.8 Å². The summed E-state index contributed by atoms with van der Waals surface area (Å²) in [7, 11) is 1.59. The molecule has 15 heteroatoms. The maximum atomic E-state index is 14.9. The van der Waals surface area contributed by atoms with E-state index in [4.69, 9.17) is 15.2 Å². The van der Waals surface area contributed by atoms with Gasteiger partial charge in [0.2, 0.25) is 17.6 Å². The van der Waals surface area contributed by atoms with Crippen molar-refractivity contribution in [2.75, 3.05) is 26.9 Å². The Morgan fingerprint density at radius 3 is 2.43 bits per heavy atom. The van der Waals surface area contributed by atoms with Gasteiger partial charge in [-0.25, -0.2) is 4.68 Å². The number of hydrogen-bond acceptors (Lipinski definition) is 10. The molecule has 284 valence electrons. The molecule has 53 heavy (non-hydrogen) atoms. The lowest BCUT2D eigenvalue weighted by Gasteiger charge is -2.37. The number of amides is 4. The fourth-order valence-electron chi connectivity index (χ4n) is 8.03. The van der Waals surface area contributed by atoms with Crippen molar-refractivity contribution in [1.29, 1.82) is 0 Å². The Bertz CT molecular complexity index is 1860. The summed E-state index contributed by atoms with van der Waals surface area (Å²) in [5.74, 6) is -2.76. The summed E-state index contributed by atoms with van der Waals surface area (Å²) in [6, 6.07) is 8.17. The van der Waals surface area contributed by atoms with Gasteiger partial charge in [-0.05, 0) is 61.2 Å². The first-order valence-electron chi connectivity index (χ1n) is 18.4. The van der Waals surface area contributed by atoms with Crippen molar-refractivity contribution in [2.24, 2.45) is 11.7 Å². The standard InChI is InChI=1S/C38H49N7O8/c1-37(2,51)31-21-40-43-45(31)27-20-30(35(49)42-38(32(46)33(39)47)13-15-53-16-14-38)44(22-27)36(50)29(17-23-7-5-4-6-8-23)41-34(48)26-10-9-25-19-28(52-3)12-11-24(25)18-26/h9-12,18-19,21,23,27,29-30,51H,4-8,13-17,20,22H2,1-3H3,(H2,39,47)(H,41,48)(H,42,49)/t27?,29-,30?/m1/s1. The minimum Gasteiger partial charge on any atom is -0.497 e. The first kappa shape index (κ1) is 37.9. The second-order valence-corrected chi connectivity index (χ2v) is 15.1. The molecule has 4 amide bonds. The summed E-state index contributed by atoms with van der Waals surface area (Å²) in [6.45, 7) is 3.45. The van der Waals surface area contributed by atoms with Gasteiger partial charge in [-0.2, -0.15) is 0 Å². The van der Waals surface area contributed by atoms with Crippen LogP contribution in [0.15, 0.2) is 42.6 Å². The van der Waals surface area contributed by atoms with Gasteiger partial charge in [0, 0.05) is 44.6 Å². The summed E-state index contributed by atoms with van der Waals surface area (Å²) in [4.78, 5) is 69.9. The largest absolute Gasteiger partial charge is 0.497 e. The van der Waals surface area contributed by atoms with Crippen molar-refractivity contribution < 1.29 is 38.6 Å². The van der Waals surface area contributed by atoms with Gasteiger partial charge >= 0.3 is 0 Å². The number of carbonyl (C=O) groups excluding carboxylic acids is 5. The molecule has 6 rings (SSSR count). The normalized spacial score (nSPS) is 21.2. The highest BCUT2D eigenvalue weighted by molar-refractivity contribution is 6.39. The minimum atomic E-state index is -1.59. The molecule has 1 saturated carbocycles. The number of benzene rings is 2. The Morgan fingerprint density at radius 1 is 1.06 bits per heavy atom. The van der Waals surface area contributed by atoms with E-state index >= 15 is 0 Å². The number of hydrogen-bond donors (Lipinski definition) is 4. The summed E-state index contributed by atoms with van der Waals surface area (Å²) in [5, 5.41) is 26.7. The number of nitrogens with zero attached hydrogens (tertiary/aromatic N) is 4. The highest BCUT2D eigenvalue weighted by atomic mass is 16.5. The molecule has 3 aromatic rings. The quantitative estimate of drug-likeness (QED) is 0.200. The zero-order valence-corrected chi connectivity index (χ0v) is 30.5. The first-order chi connectivity index (χ1) is 25.3. The van der Waals surface area contributed by atoms with Crippen LogP contribution in [-0.4, -0.2) is 98.9 Å². The monoisotopic (exact) mass is 731 g/mol. The maximum absolute atomic E-state index is 14.9. The molecule has 3 atom stereocenters. The molecule has 2 aromatic carbocycles. The lowest BCUT2D eigenvalue weighted by Crippen LogP contribution is -2.64. The zero-order chi connectivity index (χ0) is 37.9. The molecule has 3 fully saturated rings. The Kier molecular flexibility index (Phi) is 11.1. The third-order valence-electron chi connectivity index (χ3n) is 11.0. The molecule has 5 N–H and O–H groups in total. The van der Waals surface area contributed by atoms with Crippen LogP contribution < -0.4 is 21.1 Å². The molecule has 0 bridgehead atoms. The van der Waals surface area contributed by atoms with E-state index in [1.165, 1.54) is 15.8 Å². The lowest BCUT2D eigenvalue weighted by molar-refractivity contribution is -0.147. The number of ether oxygens (including phenoxy) is 2. The Morgan fingerprint density at radius 2 is 1.75 bits per heavy atom. The fraction of sp³-hybridized carbons (Fsp3) is 0.553. The minimum absolute atomic E-state index is 0.0120. The van der Waals surface area contributed by atoms with Crippen LogP contribution in [-0.2, 0) is 29.5 Å². The van der Waals surface area contributed by atoms with Gasteiger partial charge in [-0.3, -0.25) is 24.0 Å². The van der Waals surface area contributed by atoms with Crippen molar-refractivity contribution in [1.82, 2.24) is 30.5 Å². The molecular weight excluding hydrogens is 682 g/mol. The number of primary amides is 1. The summed E-state index contributed by atoms with van der Waals surface area (Å²) >= 11 is 0. The third kappa shape index (κ3) is 8.20. The predicted octanol–water partition coefficient (Wildman–Crippen LogP) is 2.30. The number of aromatic nitrogens is 3. The average molecular weight is 732 g/mol. The number of fused-ring (bicyclic) bond motifs is 1. The van der Waals surface area contributed by atoms with Crippen LogP contribution in [0.3, 0.4) is 0 Å². The van der Waals surface area contributed by atoms with E-state index in [0.29, 0.717) is 23.4 Å². The van der Waals surface area contributed by atoms with Crippen molar-refractivity contribution in [3.05, 3.63) is 53.9 Å². The number of likely N-dealkylation sites (tertiary alicyclic amines) is 1. The van der Waals surface area contributed by atoms with E-state index in [1.807, 2.05) is 24.3 Å². The molecule has 2 aliphatic heterocycles. The lowest BCUT2D eigenvalue weighted by atomic mass is 9.84. The second kappa shape index (κ2) is 15.6. The molecule has 3 heterocycles. The van der Waals surface area contributed by atoms with Gasteiger partial charge in [0.15, 0.2) is 0 Å². The molecule has 2 unspecified atom stereocenters. The molecule has 2 saturated heterocycles. The van der Waals surface area contributed by atoms with E-state index in [0.717, 1.165) is 42.9 Å². The maximum Gasteiger partial charge on any atom is 0.287 e. The number of Topliss-reactive ketones (excluding diaryl/α,β-unsaturated/α-hetero) is 1. The van der Waals surface area contributed by atoms with Gasteiger partial charge in [0.05, 0.1) is 25.0 Å². The number of nitrogens with two attached hydrogens (primary N) is 1. The second-order valence-electron chi connectivity index (χ2n) is 15.1. The number of carbonyl (C=O) groups is 5. The van der Waals surface area contributed by atoms with Crippen molar-refractivity contribution in [3.8, 4) is 5.75 Å². The van der Waals surface area contributed by atoms with Crippen LogP contribution in [0.5, 0.6) is 5.75 Å². The van der Waals surface area contributed by atoms with E-state index in [-0.39, 0.29) is 44.9 Å². The smallest absolute Gasteiger partial charge is 0.287 e. The van der Waals surface area contributed by atoms with Crippen molar-refractivity contribution in [2.45, 2.75) is 101 Å². The average Bonchev–Trinajstić information content (AvgIpc) is 3.83. The topological polar surface area (TPSA) is 208 Å². The molecule has 1 aromatic heterocycles. The number of ketones is 1. The molecule has 1 aliphatic carbocycles. The highest BCUT2D eigenvalue weighted by Crippen LogP contribution is 2.34. The SMILES string of the molecule is COc1ccc2cc(C(=O)N[C@H](CC3CCCCC3)C(=O)N3CC(n4nncc4C(C)(C)O)CC3C(=O)NC3(C(=O)C(N)=O)CCOCC3)ccc2c1. The van der Waals surface area contributed by atoms with Gasteiger partial charge in [-0.1, -0.05) is 49.5 Å². The van der Waals surface area contributed by atoms with E-state index in [1.54, 1.807) is 33.1 Å². The number of methoxy groups -OCH3 is 1. The Labute approximate surface area is 307 Å². The number of rotatable bonds is 12. The molecule has 0 spiro atoms. The van der Waals surface area contributed by atoms with Crippen molar-refractivity contribution in [3.63, 3.8) is 0 Å². The van der Waals surface area contributed by atoms with Crippen LogP contribution in [0.2, 0.25) is 0 Å². The first-order valence-corrected chi connectivity index (χ1v) is 18.4. The summed E-state index contributed by atoms with van der Waals surface area (Å²) < 4.78 is 12.3. The van der Waals surface area contributed by atoms with Gasteiger partial charge in [0.1, 0.15) is 29.0 Å². The Balaban J connectivity index is 1.33.